The monoisotopic (exact) mass is 679 g/mol. The molecule has 2 saturated heterocycles. The maximum Gasteiger partial charge on any atom is 0.220 e. The smallest absolute Gasteiger partial charge is 0.220 e. The molecular weight excluding hydrogens is 626 g/mol. The van der Waals surface area contributed by atoms with E-state index in [9.17, 15) is 49.8 Å². The number of ketones is 1. The van der Waals surface area contributed by atoms with Crippen molar-refractivity contribution in [1.82, 2.24) is 16.0 Å². The molecule has 0 aromatic heterocycles. The molecule has 0 spiro atoms. The highest BCUT2D eigenvalue weighted by molar-refractivity contribution is 5.89. The minimum absolute atomic E-state index is 0.00484. The predicted molar refractivity (Wildman–Crippen MR) is 162 cm³/mol. The number of unbranched alkanes of at least 4 members (excludes halogenated alkanes) is 1. The molecule has 2 rings (SSSR count). The number of carbonyl (C=O) groups is 4. The van der Waals surface area contributed by atoms with Crippen LogP contribution in [-0.4, -0.2) is 148 Å². The van der Waals surface area contributed by atoms with Gasteiger partial charge in [0.1, 0.15) is 36.6 Å². The average molecular weight is 680 g/mol. The van der Waals surface area contributed by atoms with E-state index in [1.165, 1.54) is 13.8 Å². The van der Waals surface area contributed by atoms with Crippen molar-refractivity contribution in [2.45, 2.75) is 140 Å². The lowest BCUT2D eigenvalue weighted by molar-refractivity contribution is -0.293. The Morgan fingerprint density at radius 2 is 1.15 bits per heavy atom. The van der Waals surface area contributed by atoms with Crippen molar-refractivity contribution in [3.05, 3.63) is 0 Å². The van der Waals surface area contributed by atoms with Gasteiger partial charge in [0.15, 0.2) is 18.4 Å². The van der Waals surface area contributed by atoms with Crippen LogP contribution >= 0.6 is 0 Å². The molecule has 0 radical (unpaired) electrons. The topological polar surface area (TPSA) is 263 Å². The Hall–Kier alpha value is -2.32. The number of aliphatic hydroxyl groups excluding tert-OH is 6. The lowest BCUT2D eigenvalue weighted by atomic mass is 10.00. The second kappa shape index (κ2) is 20.9. The lowest BCUT2D eigenvalue weighted by Gasteiger charge is -2.38. The largest absolute Gasteiger partial charge is 0.388 e. The van der Waals surface area contributed by atoms with E-state index in [1.807, 2.05) is 6.92 Å². The Morgan fingerprint density at radius 1 is 0.638 bits per heavy atom. The summed E-state index contributed by atoms with van der Waals surface area (Å²) in [5.74, 6) is -1.30. The summed E-state index contributed by atoms with van der Waals surface area (Å²) in [7, 11) is 0. The summed E-state index contributed by atoms with van der Waals surface area (Å²) in [5.41, 5.74) is 0. The maximum absolute atomic E-state index is 13.1. The first-order valence-corrected chi connectivity index (χ1v) is 16.2. The first-order valence-electron chi connectivity index (χ1n) is 16.2. The third kappa shape index (κ3) is 13.6. The van der Waals surface area contributed by atoms with E-state index in [1.54, 1.807) is 0 Å². The zero-order valence-corrected chi connectivity index (χ0v) is 27.3. The predicted octanol–water partition coefficient (Wildman–Crippen LogP) is -2.90. The van der Waals surface area contributed by atoms with Crippen molar-refractivity contribution in [1.29, 1.82) is 0 Å². The van der Waals surface area contributed by atoms with Gasteiger partial charge in [0.2, 0.25) is 17.7 Å². The van der Waals surface area contributed by atoms with Crippen molar-refractivity contribution in [3.63, 3.8) is 0 Å². The molecule has 11 atom stereocenters. The number of amides is 3. The lowest BCUT2D eigenvalue weighted by Crippen LogP contribution is -2.57. The molecule has 272 valence electrons. The standard InChI is InChI=1S/C30H53N3O14/c1-4-31-20(35)9-5-6-10-22(37)33-18(19(34)8-7-14-44-29-27(42)25(40)23(38)16(2)46-29)11-12-21(36)32-13-15-45-30-28(43)26(41)24(39)17(3)47-30/h16-18,23-30,38-43H,4-15H2,1-3H3,(H,31,35)(H,32,36)(H,33,37)/t16-,17-,18-,23+,24+,25+,26+,27-,28-,29+,30+/m0/s1. The van der Waals surface area contributed by atoms with E-state index in [-0.39, 0.29) is 70.0 Å². The summed E-state index contributed by atoms with van der Waals surface area (Å²) in [5, 5.41) is 67.5. The van der Waals surface area contributed by atoms with Gasteiger partial charge in [0, 0.05) is 38.8 Å². The van der Waals surface area contributed by atoms with Gasteiger partial charge in [-0.25, -0.2) is 0 Å². The van der Waals surface area contributed by atoms with Crippen molar-refractivity contribution >= 4 is 23.5 Å². The number of nitrogens with one attached hydrogen (secondary N) is 3. The highest BCUT2D eigenvalue weighted by atomic mass is 16.7. The first-order chi connectivity index (χ1) is 22.3. The highest BCUT2D eigenvalue weighted by Crippen LogP contribution is 2.23. The normalized spacial score (nSPS) is 31.5. The van der Waals surface area contributed by atoms with Gasteiger partial charge in [0.25, 0.3) is 0 Å². The van der Waals surface area contributed by atoms with Crippen molar-refractivity contribution in [2.24, 2.45) is 0 Å². The molecule has 17 heteroatoms. The SMILES string of the molecule is CCNC(=O)CCCCC(=O)N[C@@H](CCC(=O)NCCO[C@@H]1O[C@@H](C)[C@@H](O)[C@@H](O)[C@@H]1O)C(=O)CCCO[C@@H]1O[C@@H](C)[C@@H](O)[C@@H](O)[C@@H]1O. The van der Waals surface area contributed by atoms with Crippen LogP contribution in [0.2, 0.25) is 0 Å². The highest BCUT2D eigenvalue weighted by Gasteiger charge is 2.43. The molecule has 2 aliphatic heterocycles. The molecule has 0 aromatic rings. The van der Waals surface area contributed by atoms with Crippen molar-refractivity contribution in [3.8, 4) is 0 Å². The zero-order valence-electron chi connectivity index (χ0n) is 27.3. The molecule has 47 heavy (non-hydrogen) atoms. The van der Waals surface area contributed by atoms with E-state index >= 15 is 0 Å². The van der Waals surface area contributed by atoms with Crippen LogP contribution in [0, 0.1) is 0 Å². The van der Waals surface area contributed by atoms with Gasteiger partial charge in [0.05, 0.1) is 31.5 Å². The minimum atomic E-state index is -1.48. The average Bonchev–Trinajstić information content (AvgIpc) is 3.04. The second-order valence-electron chi connectivity index (χ2n) is 11.8. The molecule has 0 saturated carbocycles. The number of aliphatic hydroxyl groups is 6. The first kappa shape index (κ1) is 40.9. The third-order valence-corrected chi connectivity index (χ3v) is 7.99. The van der Waals surface area contributed by atoms with Gasteiger partial charge < -0.3 is 65.5 Å². The van der Waals surface area contributed by atoms with Gasteiger partial charge in [-0.05, 0) is 46.5 Å². The molecule has 2 fully saturated rings. The molecule has 0 bridgehead atoms. The van der Waals surface area contributed by atoms with E-state index in [2.05, 4.69) is 16.0 Å². The summed E-state index contributed by atoms with van der Waals surface area (Å²) >= 11 is 0. The molecule has 0 aliphatic carbocycles. The molecule has 2 aliphatic rings. The van der Waals surface area contributed by atoms with E-state index < -0.39 is 79.3 Å². The van der Waals surface area contributed by atoms with Crippen LogP contribution in [-0.2, 0) is 38.1 Å². The van der Waals surface area contributed by atoms with Gasteiger partial charge in [-0.3, -0.25) is 19.2 Å². The number of hydrogen-bond acceptors (Lipinski definition) is 14. The number of carbonyl (C=O) groups excluding carboxylic acids is 4. The molecule has 0 unspecified atom stereocenters. The van der Waals surface area contributed by atoms with Crippen molar-refractivity contribution in [2.75, 3.05) is 26.3 Å². The number of rotatable bonds is 20. The fourth-order valence-corrected chi connectivity index (χ4v) is 5.09. The van der Waals surface area contributed by atoms with E-state index in [4.69, 9.17) is 18.9 Å². The van der Waals surface area contributed by atoms with E-state index in [0.29, 0.717) is 19.4 Å². The van der Waals surface area contributed by atoms with Crippen LogP contribution in [0.3, 0.4) is 0 Å². The van der Waals surface area contributed by atoms with Crippen molar-refractivity contribution < 1.29 is 68.8 Å². The Morgan fingerprint density at radius 3 is 1.70 bits per heavy atom. The molecule has 3 amide bonds. The van der Waals surface area contributed by atoms with E-state index in [0.717, 1.165) is 0 Å². The summed E-state index contributed by atoms with van der Waals surface area (Å²) in [6, 6.07) is -0.985. The Balaban J connectivity index is 1.82. The number of ether oxygens (including phenoxy) is 4. The fourth-order valence-electron chi connectivity index (χ4n) is 5.09. The summed E-state index contributed by atoms with van der Waals surface area (Å²) in [4.78, 5) is 49.8. The maximum atomic E-state index is 13.1. The Kier molecular flexibility index (Phi) is 18.2. The fraction of sp³-hybridized carbons (Fsp3) is 0.867. The van der Waals surface area contributed by atoms with Gasteiger partial charge in [-0.1, -0.05) is 0 Å². The third-order valence-electron chi connectivity index (χ3n) is 7.99. The van der Waals surface area contributed by atoms with Crippen LogP contribution < -0.4 is 16.0 Å². The Labute approximate surface area is 274 Å². The van der Waals surface area contributed by atoms with Gasteiger partial charge >= 0.3 is 0 Å². The number of Topliss-reactive ketones (excluding diaryl/α,β-unsaturated/α-hetero) is 1. The molecule has 2 heterocycles. The van der Waals surface area contributed by atoms with Gasteiger partial charge in [-0.2, -0.15) is 0 Å². The Bertz CT molecular complexity index is 989. The quantitative estimate of drug-likeness (QED) is 0.0585. The molecule has 0 aromatic carbocycles. The second-order valence-corrected chi connectivity index (χ2v) is 11.8. The van der Waals surface area contributed by atoms with Gasteiger partial charge in [-0.15, -0.1) is 0 Å². The van der Waals surface area contributed by atoms with Crippen LogP contribution in [0.25, 0.3) is 0 Å². The van der Waals surface area contributed by atoms with Crippen LogP contribution in [0.1, 0.15) is 72.1 Å². The van der Waals surface area contributed by atoms with Crippen LogP contribution in [0.5, 0.6) is 0 Å². The van der Waals surface area contributed by atoms with Crippen LogP contribution in [0.4, 0.5) is 0 Å². The summed E-state index contributed by atoms with van der Waals surface area (Å²) in [6.07, 6.45) is -11.1. The summed E-state index contributed by atoms with van der Waals surface area (Å²) < 4.78 is 21.6. The molecular formula is C30H53N3O14. The van der Waals surface area contributed by atoms with Crippen LogP contribution in [0.15, 0.2) is 0 Å². The summed E-state index contributed by atoms with van der Waals surface area (Å²) in [6.45, 7) is 5.27. The molecule has 17 nitrogen and oxygen atoms in total. The molecule has 9 N–H and O–H groups in total. The number of hydrogen-bond donors (Lipinski definition) is 9. The minimum Gasteiger partial charge on any atom is -0.388 e. The zero-order chi connectivity index (χ0) is 35.1.